The van der Waals surface area contributed by atoms with Gasteiger partial charge in [0.15, 0.2) is 0 Å². The van der Waals surface area contributed by atoms with Crippen LogP contribution in [0.5, 0.6) is 0 Å². The highest BCUT2D eigenvalue weighted by Gasteiger charge is 2.10. The summed E-state index contributed by atoms with van der Waals surface area (Å²) in [5.74, 6) is 0.212. The van der Waals surface area contributed by atoms with Crippen LogP contribution in [0.3, 0.4) is 0 Å². The fourth-order valence-corrected chi connectivity index (χ4v) is 1.74. The predicted octanol–water partition coefficient (Wildman–Crippen LogP) is 2.33. The zero-order valence-corrected chi connectivity index (χ0v) is 9.51. The van der Waals surface area contributed by atoms with E-state index in [1.54, 1.807) is 18.2 Å². The summed E-state index contributed by atoms with van der Waals surface area (Å²) in [6.07, 6.45) is 1.37. The Kier molecular flexibility index (Phi) is 2.85. The van der Waals surface area contributed by atoms with E-state index in [1.807, 2.05) is 0 Å². The van der Waals surface area contributed by atoms with Crippen molar-refractivity contribution >= 4 is 29.0 Å². The number of nitrogens with zero attached hydrogens (tertiary/aromatic N) is 1. The van der Waals surface area contributed by atoms with Gasteiger partial charge in [-0.3, -0.25) is 4.98 Å². The summed E-state index contributed by atoms with van der Waals surface area (Å²) in [5, 5.41) is 0.800. The number of nitrogens with two attached hydrogens (primary N) is 1. The van der Waals surface area contributed by atoms with Crippen molar-refractivity contribution in [1.29, 1.82) is 0 Å². The first-order valence-electron chi connectivity index (χ1n) is 4.39. The average molecular weight is 256 g/mol. The smallest absolute Gasteiger partial charge is 0.346 e. The van der Waals surface area contributed by atoms with E-state index in [2.05, 4.69) is 9.97 Å². The van der Waals surface area contributed by atoms with Crippen molar-refractivity contribution in [2.45, 2.75) is 0 Å². The number of H-pyrrole nitrogens is 1. The minimum absolute atomic E-state index is 0.212. The van der Waals surface area contributed by atoms with Gasteiger partial charge in [0, 0.05) is 17.3 Å². The number of aromatic nitrogens is 2. The molecular formula is C10H7Cl2N3O. The number of hydrogen-bond acceptors (Lipinski definition) is 3. The first-order chi connectivity index (χ1) is 7.59. The monoisotopic (exact) mass is 255 g/mol. The molecule has 0 atom stereocenters. The molecule has 2 rings (SSSR count). The average Bonchev–Trinajstić information content (AvgIpc) is 2.23. The van der Waals surface area contributed by atoms with Crippen LogP contribution in [0, 0.1) is 0 Å². The molecule has 0 aliphatic carbocycles. The zero-order valence-electron chi connectivity index (χ0n) is 8.00. The lowest BCUT2D eigenvalue weighted by Gasteiger charge is -2.07. The lowest BCUT2D eigenvalue weighted by Crippen LogP contribution is -2.12. The second kappa shape index (κ2) is 4.15. The highest BCUT2D eigenvalue weighted by atomic mass is 35.5. The number of nitrogens with one attached hydrogen (secondary N) is 1. The quantitative estimate of drug-likeness (QED) is 0.822. The van der Waals surface area contributed by atoms with E-state index in [0.717, 1.165) is 0 Å². The molecule has 3 N–H and O–H groups in total. The Morgan fingerprint density at radius 3 is 2.69 bits per heavy atom. The van der Waals surface area contributed by atoms with Crippen molar-refractivity contribution in [3.05, 3.63) is 44.9 Å². The Hall–Kier alpha value is -1.52. The summed E-state index contributed by atoms with van der Waals surface area (Å²) in [5.41, 5.74) is 6.36. The molecule has 0 aliphatic heterocycles. The van der Waals surface area contributed by atoms with Crippen LogP contribution in [0.4, 0.5) is 5.82 Å². The fourth-order valence-electron chi connectivity index (χ4n) is 1.33. The highest BCUT2D eigenvalue weighted by Crippen LogP contribution is 2.34. The van der Waals surface area contributed by atoms with Crippen LogP contribution in [0.25, 0.3) is 11.1 Å². The van der Waals surface area contributed by atoms with Crippen LogP contribution >= 0.6 is 23.2 Å². The maximum Gasteiger partial charge on any atom is 0.346 e. The van der Waals surface area contributed by atoms with Gasteiger partial charge in [0.05, 0.1) is 10.0 Å². The minimum Gasteiger partial charge on any atom is -0.385 e. The second-order valence-electron chi connectivity index (χ2n) is 3.12. The normalized spacial score (nSPS) is 10.4. The van der Waals surface area contributed by atoms with Gasteiger partial charge in [0.1, 0.15) is 5.82 Å². The van der Waals surface area contributed by atoms with Crippen LogP contribution < -0.4 is 11.4 Å². The standard InChI is InChI=1S/C10H7Cl2N3O/c11-7-3-1-2-5(8(7)12)6-4-14-10(16)15-9(6)13/h1-4H,(H3,13,14,15,16). The first kappa shape index (κ1) is 11.0. The topological polar surface area (TPSA) is 71.8 Å². The molecule has 0 spiro atoms. The molecular weight excluding hydrogens is 249 g/mol. The highest BCUT2D eigenvalue weighted by molar-refractivity contribution is 6.43. The van der Waals surface area contributed by atoms with E-state index in [4.69, 9.17) is 28.9 Å². The lowest BCUT2D eigenvalue weighted by atomic mass is 10.1. The van der Waals surface area contributed by atoms with Crippen LogP contribution in [0.1, 0.15) is 0 Å². The molecule has 6 heteroatoms. The minimum atomic E-state index is -0.501. The molecule has 0 fully saturated rings. The first-order valence-corrected chi connectivity index (χ1v) is 5.14. The Morgan fingerprint density at radius 1 is 1.25 bits per heavy atom. The molecule has 16 heavy (non-hydrogen) atoms. The van der Waals surface area contributed by atoms with Crippen LogP contribution in [-0.2, 0) is 0 Å². The summed E-state index contributed by atoms with van der Waals surface area (Å²) in [6.45, 7) is 0. The Morgan fingerprint density at radius 2 is 2.00 bits per heavy atom. The molecule has 0 aliphatic rings. The van der Waals surface area contributed by atoms with Gasteiger partial charge in [-0.05, 0) is 6.07 Å². The number of nitrogen functional groups attached to an aromatic ring is 1. The molecule has 0 unspecified atom stereocenters. The Balaban J connectivity index is 2.68. The number of aromatic amines is 1. The van der Waals surface area contributed by atoms with Gasteiger partial charge >= 0.3 is 5.69 Å². The SMILES string of the molecule is Nc1[nH]c(=O)ncc1-c1cccc(Cl)c1Cl. The summed E-state index contributed by atoms with van der Waals surface area (Å²) in [6, 6.07) is 5.16. The number of hydrogen-bond donors (Lipinski definition) is 2. The molecule has 1 aromatic carbocycles. The molecule has 1 heterocycles. The van der Waals surface area contributed by atoms with Gasteiger partial charge in [0.25, 0.3) is 0 Å². The van der Waals surface area contributed by atoms with E-state index in [1.165, 1.54) is 6.20 Å². The summed E-state index contributed by atoms with van der Waals surface area (Å²) < 4.78 is 0. The third kappa shape index (κ3) is 1.89. The van der Waals surface area contributed by atoms with Gasteiger partial charge in [-0.15, -0.1) is 0 Å². The summed E-state index contributed by atoms with van der Waals surface area (Å²) in [4.78, 5) is 16.9. The fraction of sp³-hybridized carbons (Fsp3) is 0. The molecule has 0 bridgehead atoms. The molecule has 1 aromatic heterocycles. The van der Waals surface area contributed by atoms with Crippen molar-refractivity contribution in [3.8, 4) is 11.1 Å². The zero-order chi connectivity index (χ0) is 11.7. The predicted molar refractivity (Wildman–Crippen MR) is 64.7 cm³/mol. The van der Waals surface area contributed by atoms with E-state index < -0.39 is 5.69 Å². The van der Waals surface area contributed by atoms with Crippen LogP contribution in [0.15, 0.2) is 29.2 Å². The van der Waals surface area contributed by atoms with E-state index in [9.17, 15) is 4.79 Å². The van der Waals surface area contributed by atoms with Crippen LogP contribution in [-0.4, -0.2) is 9.97 Å². The molecule has 0 amide bonds. The van der Waals surface area contributed by atoms with Crippen molar-refractivity contribution in [1.82, 2.24) is 9.97 Å². The van der Waals surface area contributed by atoms with E-state index in [-0.39, 0.29) is 5.82 Å². The van der Waals surface area contributed by atoms with Crippen LogP contribution in [0.2, 0.25) is 10.0 Å². The van der Waals surface area contributed by atoms with Crippen molar-refractivity contribution < 1.29 is 0 Å². The van der Waals surface area contributed by atoms with Crippen molar-refractivity contribution in [3.63, 3.8) is 0 Å². The Bertz CT molecular complexity index is 595. The van der Waals surface area contributed by atoms with Crippen molar-refractivity contribution in [2.24, 2.45) is 0 Å². The third-order valence-corrected chi connectivity index (χ3v) is 2.90. The van der Waals surface area contributed by atoms with E-state index >= 15 is 0 Å². The molecule has 2 aromatic rings. The van der Waals surface area contributed by atoms with E-state index in [0.29, 0.717) is 21.2 Å². The van der Waals surface area contributed by atoms with Gasteiger partial charge in [-0.2, -0.15) is 0 Å². The number of rotatable bonds is 1. The largest absolute Gasteiger partial charge is 0.385 e. The van der Waals surface area contributed by atoms with Gasteiger partial charge in [0.2, 0.25) is 0 Å². The molecule has 0 saturated carbocycles. The van der Waals surface area contributed by atoms with Gasteiger partial charge in [-0.25, -0.2) is 9.78 Å². The maximum absolute atomic E-state index is 10.9. The van der Waals surface area contributed by atoms with Gasteiger partial charge in [-0.1, -0.05) is 35.3 Å². The molecule has 82 valence electrons. The lowest BCUT2D eigenvalue weighted by molar-refractivity contribution is 1.09. The Labute approximate surface area is 101 Å². The number of benzene rings is 1. The molecule has 0 radical (unpaired) electrons. The maximum atomic E-state index is 10.9. The molecule has 4 nitrogen and oxygen atoms in total. The van der Waals surface area contributed by atoms with Gasteiger partial charge < -0.3 is 5.73 Å². The molecule has 0 saturated heterocycles. The summed E-state index contributed by atoms with van der Waals surface area (Å²) >= 11 is 11.9. The third-order valence-electron chi connectivity index (χ3n) is 2.08. The van der Waals surface area contributed by atoms with Crippen molar-refractivity contribution in [2.75, 3.05) is 5.73 Å². The second-order valence-corrected chi connectivity index (χ2v) is 3.90. The summed E-state index contributed by atoms with van der Waals surface area (Å²) in [7, 11) is 0. The number of halogens is 2. The number of anilines is 1.